The van der Waals surface area contributed by atoms with Gasteiger partial charge in [-0.3, -0.25) is 9.52 Å². The quantitative estimate of drug-likeness (QED) is 0.572. The van der Waals surface area contributed by atoms with E-state index in [0.717, 1.165) is 13.0 Å². The Hall–Kier alpha value is -2.45. The second-order valence-corrected chi connectivity index (χ2v) is 7.78. The Kier molecular flexibility index (Phi) is 7.32. The fourth-order valence-electron chi connectivity index (χ4n) is 2.41. The summed E-state index contributed by atoms with van der Waals surface area (Å²) in [4.78, 5) is 12.3. The Balaban J connectivity index is 2.12. The maximum atomic E-state index is 13.0. The van der Waals surface area contributed by atoms with Crippen molar-refractivity contribution in [1.29, 1.82) is 0 Å². The molecule has 0 saturated carbocycles. The highest BCUT2D eigenvalue weighted by atomic mass is 32.2. The third-order valence-corrected chi connectivity index (χ3v) is 5.25. The second-order valence-electron chi connectivity index (χ2n) is 6.10. The standard InChI is InChI=1S/C19H24FN3O3S/c1-3-10-21-11-12-22-19(24)18-13-17(9-4-14(18)2)27(25,26)23-16-7-5-15(20)6-8-16/h4-9,13,21,23H,3,10-12H2,1-2H3,(H,22,24). The Morgan fingerprint density at radius 3 is 2.41 bits per heavy atom. The number of aryl methyl sites for hydroxylation is 1. The Bertz CT molecular complexity index is 884. The summed E-state index contributed by atoms with van der Waals surface area (Å²) < 4.78 is 40.5. The van der Waals surface area contributed by atoms with E-state index in [4.69, 9.17) is 0 Å². The molecule has 2 aromatic rings. The molecule has 3 N–H and O–H groups in total. The van der Waals surface area contributed by atoms with Crippen molar-refractivity contribution < 1.29 is 17.6 Å². The molecular formula is C19H24FN3O3S. The summed E-state index contributed by atoms with van der Waals surface area (Å²) in [5.41, 5.74) is 1.21. The SMILES string of the molecule is CCCNCCNC(=O)c1cc(S(=O)(=O)Nc2ccc(F)cc2)ccc1C. The highest BCUT2D eigenvalue weighted by molar-refractivity contribution is 7.92. The van der Waals surface area contributed by atoms with Gasteiger partial charge in [-0.25, -0.2) is 12.8 Å². The van der Waals surface area contributed by atoms with Gasteiger partial charge in [-0.2, -0.15) is 0 Å². The number of halogens is 1. The molecule has 0 bridgehead atoms. The summed E-state index contributed by atoms with van der Waals surface area (Å²) in [6.07, 6.45) is 1.01. The Labute approximate surface area is 159 Å². The van der Waals surface area contributed by atoms with E-state index in [9.17, 15) is 17.6 Å². The largest absolute Gasteiger partial charge is 0.351 e. The first kappa shape index (κ1) is 20.9. The van der Waals surface area contributed by atoms with E-state index in [2.05, 4.69) is 22.3 Å². The molecule has 0 spiro atoms. The van der Waals surface area contributed by atoms with Gasteiger partial charge >= 0.3 is 0 Å². The first-order chi connectivity index (χ1) is 12.8. The van der Waals surface area contributed by atoms with Crippen LogP contribution in [0.4, 0.5) is 10.1 Å². The van der Waals surface area contributed by atoms with Crippen LogP contribution in [0.25, 0.3) is 0 Å². The predicted octanol–water partition coefficient (Wildman–Crippen LogP) is 2.66. The van der Waals surface area contributed by atoms with E-state index >= 15 is 0 Å². The molecule has 0 aliphatic heterocycles. The zero-order valence-corrected chi connectivity index (χ0v) is 16.2. The van der Waals surface area contributed by atoms with E-state index in [1.54, 1.807) is 13.0 Å². The zero-order valence-electron chi connectivity index (χ0n) is 15.4. The molecule has 0 aliphatic rings. The Morgan fingerprint density at radius 1 is 1.04 bits per heavy atom. The van der Waals surface area contributed by atoms with Gasteiger partial charge in [0, 0.05) is 24.3 Å². The number of benzene rings is 2. The van der Waals surface area contributed by atoms with Crippen molar-refractivity contribution in [3.63, 3.8) is 0 Å². The molecule has 1 amide bonds. The molecule has 2 aromatic carbocycles. The predicted molar refractivity (Wildman–Crippen MR) is 104 cm³/mol. The lowest BCUT2D eigenvalue weighted by molar-refractivity contribution is 0.0953. The van der Waals surface area contributed by atoms with Crippen LogP contribution < -0.4 is 15.4 Å². The number of carbonyl (C=O) groups is 1. The number of carbonyl (C=O) groups excluding carboxylic acids is 1. The van der Waals surface area contributed by atoms with Crippen LogP contribution >= 0.6 is 0 Å². The summed E-state index contributed by atoms with van der Waals surface area (Å²) in [6.45, 7) is 5.76. The van der Waals surface area contributed by atoms with Crippen LogP contribution in [0.3, 0.4) is 0 Å². The number of anilines is 1. The van der Waals surface area contributed by atoms with Gasteiger partial charge in [-0.1, -0.05) is 13.0 Å². The number of rotatable bonds is 9. The van der Waals surface area contributed by atoms with Crippen LogP contribution in [-0.2, 0) is 10.0 Å². The summed E-state index contributed by atoms with van der Waals surface area (Å²) in [6, 6.07) is 9.35. The van der Waals surface area contributed by atoms with Crippen LogP contribution in [0.5, 0.6) is 0 Å². The molecule has 0 saturated heterocycles. The molecule has 8 heteroatoms. The maximum Gasteiger partial charge on any atom is 0.261 e. The van der Waals surface area contributed by atoms with Crippen LogP contribution in [0.1, 0.15) is 29.3 Å². The van der Waals surface area contributed by atoms with Gasteiger partial charge < -0.3 is 10.6 Å². The molecular weight excluding hydrogens is 369 g/mol. The van der Waals surface area contributed by atoms with Gasteiger partial charge in [0.05, 0.1) is 4.90 Å². The van der Waals surface area contributed by atoms with E-state index in [0.29, 0.717) is 24.2 Å². The molecule has 0 heterocycles. The number of sulfonamides is 1. The molecule has 6 nitrogen and oxygen atoms in total. The number of hydrogen-bond acceptors (Lipinski definition) is 4. The first-order valence-corrected chi connectivity index (χ1v) is 10.2. The van der Waals surface area contributed by atoms with Crippen molar-refractivity contribution in [2.45, 2.75) is 25.2 Å². The highest BCUT2D eigenvalue weighted by Crippen LogP contribution is 2.19. The third-order valence-electron chi connectivity index (χ3n) is 3.87. The van der Waals surface area contributed by atoms with Crippen LogP contribution in [0.15, 0.2) is 47.4 Å². The minimum Gasteiger partial charge on any atom is -0.351 e. The fourth-order valence-corrected chi connectivity index (χ4v) is 3.49. The lowest BCUT2D eigenvalue weighted by Gasteiger charge is -2.12. The second kappa shape index (κ2) is 9.48. The van der Waals surface area contributed by atoms with Crippen LogP contribution in [0, 0.1) is 12.7 Å². The topological polar surface area (TPSA) is 87.3 Å². The normalized spacial score (nSPS) is 11.2. The van der Waals surface area contributed by atoms with Crippen molar-refractivity contribution in [3.8, 4) is 0 Å². The lowest BCUT2D eigenvalue weighted by Crippen LogP contribution is -2.32. The summed E-state index contributed by atoms with van der Waals surface area (Å²) in [5.74, 6) is -0.787. The number of amides is 1. The van der Waals surface area contributed by atoms with Crippen LogP contribution in [-0.4, -0.2) is 34.0 Å². The maximum absolute atomic E-state index is 13.0. The average Bonchev–Trinajstić information content (AvgIpc) is 2.63. The Morgan fingerprint density at radius 2 is 1.74 bits per heavy atom. The fraction of sp³-hybridized carbons (Fsp3) is 0.316. The van der Waals surface area contributed by atoms with Crippen molar-refractivity contribution >= 4 is 21.6 Å². The van der Waals surface area contributed by atoms with Gasteiger partial charge in [0.15, 0.2) is 0 Å². The van der Waals surface area contributed by atoms with Crippen LogP contribution in [0.2, 0.25) is 0 Å². The van der Waals surface area contributed by atoms with Crippen molar-refractivity contribution in [3.05, 3.63) is 59.4 Å². The monoisotopic (exact) mass is 393 g/mol. The summed E-state index contributed by atoms with van der Waals surface area (Å²) in [7, 11) is -3.90. The molecule has 27 heavy (non-hydrogen) atoms. The molecule has 2 rings (SSSR count). The highest BCUT2D eigenvalue weighted by Gasteiger charge is 2.18. The first-order valence-electron chi connectivity index (χ1n) is 8.71. The molecule has 0 aliphatic carbocycles. The van der Waals surface area contributed by atoms with Gasteiger partial charge in [-0.05, 0) is 61.9 Å². The van der Waals surface area contributed by atoms with Crippen molar-refractivity contribution in [2.75, 3.05) is 24.4 Å². The zero-order chi connectivity index (χ0) is 19.9. The van der Waals surface area contributed by atoms with Gasteiger partial charge in [-0.15, -0.1) is 0 Å². The minimum absolute atomic E-state index is 0.0355. The van der Waals surface area contributed by atoms with E-state index < -0.39 is 15.8 Å². The minimum atomic E-state index is -3.90. The molecule has 0 radical (unpaired) electrons. The van der Waals surface area contributed by atoms with Gasteiger partial charge in [0.25, 0.3) is 15.9 Å². The van der Waals surface area contributed by atoms with Gasteiger partial charge in [0.2, 0.25) is 0 Å². The molecule has 0 aromatic heterocycles. The van der Waals surface area contributed by atoms with E-state index in [-0.39, 0.29) is 16.5 Å². The van der Waals surface area contributed by atoms with E-state index in [1.807, 2.05) is 0 Å². The molecule has 146 valence electrons. The van der Waals surface area contributed by atoms with Crippen molar-refractivity contribution in [1.82, 2.24) is 10.6 Å². The summed E-state index contributed by atoms with van der Waals surface area (Å²) in [5, 5.41) is 5.95. The number of hydrogen-bond donors (Lipinski definition) is 3. The molecule has 0 unspecified atom stereocenters. The smallest absolute Gasteiger partial charge is 0.261 e. The number of nitrogens with one attached hydrogen (secondary N) is 3. The molecule has 0 fully saturated rings. The average molecular weight is 393 g/mol. The van der Waals surface area contributed by atoms with Crippen molar-refractivity contribution in [2.24, 2.45) is 0 Å². The summed E-state index contributed by atoms with van der Waals surface area (Å²) >= 11 is 0. The lowest BCUT2D eigenvalue weighted by atomic mass is 10.1. The molecule has 0 atom stereocenters. The van der Waals surface area contributed by atoms with Gasteiger partial charge in [0.1, 0.15) is 5.82 Å². The third kappa shape index (κ3) is 6.04. The van der Waals surface area contributed by atoms with E-state index in [1.165, 1.54) is 36.4 Å².